The minimum absolute atomic E-state index is 0.689. The van der Waals surface area contributed by atoms with Crippen molar-refractivity contribution in [1.82, 2.24) is 0 Å². The third-order valence-electron chi connectivity index (χ3n) is 1.57. The predicted molar refractivity (Wildman–Crippen MR) is 44.0 cm³/mol. The molecule has 0 aliphatic carbocycles. The van der Waals surface area contributed by atoms with Crippen molar-refractivity contribution in [2.75, 3.05) is 0 Å². The number of hydrogen-bond acceptors (Lipinski definition) is 1. The Hall–Kier alpha value is -1.29. The minimum atomic E-state index is 0.689. The summed E-state index contributed by atoms with van der Waals surface area (Å²) in [5, 5.41) is 8.66. The Kier molecular flexibility index (Phi) is 2.68. The molecule has 1 nitrogen and oxygen atoms in total. The fourth-order valence-electron chi connectivity index (χ4n) is 1.05. The molecule has 0 N–H and O–H groups in total. The summed E-state index contributed by atoms with van der Waals surface area (Å²) < 4.78 is 0. The van der Waals surface area contributed by atoms with Crippen LogP contribution in [0.3, 0.4) is 0 Å². The Morgan fingerprint density at radius 3 is 3.09 bits per heavy atom. The molecule has 11 heavy (non-hydrogen) atoms. The van der Waals surface area contributed by atoms with Crippen LogP contribution in [0.25, 0.3) is 0 Å². The second-order valence-electron chi connectivity index (χ2n) is 2.43. The van der Waals surface area contributed by atoms with Gasteiger partial charge in [-0.25, -0.2) is 0 Å². The Labute approximate surface area is 67.3 Å². The first kappa shape index (κ1) is 7.81. The summed E-state index contributed by atoms with van der Waals surface area (Å²) in [4.78, 5) is 0. The van der Waals surface area contributed by atoms with Gasteiger partial charge in [-0.2, -0.15) is 5.26 Å². The van der Waals surface area contributed by atoms with Crippen molar-refractivity contribution < 1.29 is 0 Å². The van der Waals surface area contributed by atoms with E-state index in [1.807, 2.05) is 12.1 Å². The molecule has 0 spiro atoms. The number of benzene rings is 1. The van der Waals surface area contributed by atoms with Gasteiger partial charge >= 0.3 is 0 Å². The van der Waals surface area contributed by atoms with Crippen LogP contribution in [0.2, 0.25) is 0 Å². The van der Waals surface area contributed by atoms with Gasteiger partial charge in [0, 0.05) is 6.07 Å². The summed E-state index contributed by atoms with van der Waals surface area (Å²) in [6.45, 7) is 2.11. The molecule has 55 valence electrons. The maximum absolute atomic E-state index is 8.66. The second-order valence-corrected chi connectivity index (χ2v) is 2.43. The molecule has 1 aromatic rings. The molecule has 0 unspecified atom stereocenters. The first-order valence-electron chi connectivity index (χ1n) is 3.78. The van der Waals surface area contributed by atoms with E-state index in [2.05, 4.69) is 19.1 Å². The van der Waals surface area contributed by atoms with E-state index in [0.717, 1.165) is 18.4 Å². The van der Waals surface area contributed by atoms with Crippen LogP contribution in [0.15, 0.2) is 18.2 Å². The van der Waals surface area contributed by atoms with Gasteiger partial charge < -0.3 is 0 Å². The summed E-state index contributed by atoms with van der Waals surface area (Å²) >= 11 is 0. The van der Waals surface area contributed by atoms with Gasteiger partial charge in [-0.15, -0.1) is 0 Å². The van der Waals surface area contributed by atoms with Crippen LogP contribution in [-0.4, -0.2) is 0 Å². The Morgan fingerprint density at radius 1 is 1.64 bits per heavy atom. The fraction of sp³-hybridized carbons (Fsp3) is 0.300. The normalized spacial score (nSPS) is 9.09. The first-order chi connectivity index (χ1) is 5.38. The Morgan fingerprint density at radius 2 is 2.45 bits per heavy atom. The van der Waals surface area contributed by atoms with E-state index >= 15 is 0 Å². The molecule has 1 heteroatoms. The Balaban J connectivity index is 2.95. The van der Waals surface area contributed by atoms with E-state index in [0.29, 0.717) is 5.56 Å². The molecule has 0 heterocycles. The smallest absolute Gasteiger partial charge is 0.100 e. The molecule has 0 aliphatic rings. The molecule has 1 aromatic carbocycles. The van der Waals surface area contributed by atoms with Crippen LogP contribution < -0.4 is 0 Å². The topological polar surface area (TPSA) is 23.8 Å². The minimum Gasteiger partial charge on any atom is -0.192 e. The lowest BCUT2D eigenvalue weighted by Crippen LogP contribution is -1.87. The molecule has 0 saturated heterocycles. The van der Waals surface area contributed by atoms with E-state index in [9.17, 15) is 0 Å². The molecule has 0 aliphatic heterocycles. The lowest BCUT2D eigenvalue weighted by molar-refractivity contribution is 0.918. The van der Waals surface area contributed by atoms with Crippen LogP contribution in [0, 0.1) is 17.4 Å². The van der Waals surface area contributed by atoms with Crippen molar-refractivity contribution in [3.8, 4) is 6.07 Å². The van der Waals surface area contributed by atoms with Gasteiger partial charge in [0.1, 0.15) is 6.07 Å². The van der Waals surface area contributed by atoms with Gasteiger partial charge in [0.05, 0.1) is 5.56 Å². The van der Waals surface area contributed by atoms with E-state index < -0.39 is 0 Å². The van der Waals surface area contributed by atoms with Crippen LogP contribution in [-0.2, 0) is 6.42 Å². The highest BCUT2D eigenvalue weighted by molar-refractivity contribution is 5.36. The third kappa shape index (κ3) is 1.81. The number of nitrogens with zero attached hydrogens (tertiary/aromatic N) is 1. The maximum atomic E-state index is 8.66. The molecule has 0 saturated carbocycles. The molecular weight excluding hydrogens is 134 g/mol. The van der Waals surface area contributed by atoms with Gasteiger partial charge in [0.15, 0.2) is 0 Å². The number of rotatable bonds is 2. The molecule has 0 bridgehead atoms. The zero-order valence-corrected chi connectivity index (χ0v) is 6.59. The van der Waals surface area contributed by atoms with E-state index in [1.54, 1.807) is 6.07 Å². The average molecular weight is 144 g/mol. The summed E-state index contributed by atoms with van der Waals surface area (Å²) in [7, 11) is 0. The third-order valence-corrected chi connectivity index (χ3v) is 1.57. The highest BCUT2D eigenvalue weighted by atomic mass is 14.2. The molecule has 1 radical (unpaired) electrons. The van der Waals surface area contributed by atoms with Gasteiger partial charge in [0.25, 0.3) is 0 Å². The van der Waals surface area contributed by atoms with E-state index in [1.165, 1.54) is 0 Å². The van der Waals surface area contributed by atoms with Crippen LogP contribution in [0.1, 0.15) is 24.5 Å². The molecule has 0 atom stereocenters. The van der Waals surface area contributed by atoms with Crippen LogP contribution in [0.4, 0.5) is 0 Å². The van der Waals surface area contributed by atoms with Crippen molar-refractivity contribution in [1.29, 1.82) is 5.26 Å². The van der Waals surface area contributed by atoms with Crippen molar-refractivity contribution in [3.05, 3.63) is 35.4 Å². The maximum Gasteiger partial charge on any atom is 0.100 e. The van der Waals surface area contributed by atoms with Crippen molar-refractivity contribution in [3.63, 3.8) is 0 Å². The highest BCUT2D eigenvalue weighted by Crippen LogP contribution is 2.08. The quantitative estimate of drug-likeness (QED) is 0.624. The molecule has 0 aromatic heterocycles. The predicted octanol–water partition coefficient (Wildman–Crippen LogP) is 2.31. The first-order valence-corrected chi connectivity index (χ1v) is 3.78. The fourth-order valence-corrected chi connectivity index (χ4v) is 1.05. The average Bonchev–Trinajstić information content (AvgIpc) is 2.06. The zero-order valence-electron chi connectivity index (χ0n) is 6.59. The van der Waals surface area contributed by atoms with Gasteiger partial charge in [-0.1, -0.05) is 31.5 Å². The van der Waals surface area contributed by atoms with Gasteiger partial charge in [0.2, 0.25) is 0 Å². The standard InChI is InChI=1S/C10H10N/c1-2-5-9-6-3-4-7-10(9)8-11/h3-4,6H,2,5H2,1H3. The van der Waals surface area contributed by atoms with Crippen LogP contribution in [0.5, 0.6) is 0 Å². The van der Waals surface area contributed by atoms with E-state index in [-0.39, 0.29) is 0 Å². The Bertz CT molecular complexity index is 270. The SMILES string of the molecule is CCCc1ccc[c]c1C#N. The largest absolute Gasteiger partial charge is 0.192 e. The molecule has 0 amide bonds. The van der Waals surface area contributed by atoms with Gasteiger partial charge in [-0.05, 0) is 12.0 Å². The van der Waals surface area contributed by atoms with Gasteiger partial charge in [-0.3, -0.25) is 0 Å². The van der Waals surface area contributed by atoms with Crippen molar-refractivity contribution >= 4 is 0 Å². The second kappa shape index (κ2) is 3.78. The number of hydrogen-bond donors (Lipinski definition) is 0. The zero-order chi connectivity index (χ0) is 8.10. The molecule has 1 rings (SSSR count). The monoisotopic (exact) mass is 144 g/mol. The number of nitriles is 1. The van der Waals surface area contributed by atoms with Crippen molar-refractivity contribution in [2.24, 2.45) is 0 Å². The molecular formula is C10H10N. The highest BCUT2D eigenvalue weighted by Gasteiger charge is 1.97. The lowest BCUT2D eigenvalue weighted by atomic mass is 10.0. The molecule has 0 fully saturated rings. The van der Waals surface area contributed by atoms with E-state index in [4.69, 9.17) is 5.26 Å². The number of aryl methyl sites for hydroxylation is 1. The van der Waals surface area contributed by atoms with Crippen molar-refractivity contribution in [2.45, 2.75) is 19.8 Å². The summed E-state index contributed by atoms with van der Waals surface area (Å²) in [5.74, 6) is 0. The lowest BCUT2D eigenvalue weighted by Gasteiger charge is -1.98. The van der Waals surface area contributed by atoms with Crippen LogP contribution >= 0.6 is 0 Å². The summed E-state index contributed by atoms with van der Waals surface area (Å²) in [5.41, 5.74) is 1.80. The summed E-state index contributed by atoms with van der Waals surface area (Å²) in [6.07, 6.45) is 2.05. The summed E-state index contributed by atoms with van der Waals surface area (Å²) in [6, 6.07) is 10.7.